The molecule has 0 atom stereocenters. The van der Waals surface area contributed by atoms with E-state index in [4.69, 9.17) is 5.11 Å². The number of amides is 1. The number of rotatable bonds is 6. The third kappa shape index (κ3) is 5.97. The van der Waals surface area contributed by atoms with Gasteiger partial charge in [-0.3, -0.25) is 9.69 Å². The summed E-state index contributed by atoms with van der Waals surface area (Å²) in [4.78, 5) is 14.5. The Kier molecular flexibility index (Phi) is 8.36. The van der Waals surface area contributed by atoms with Gasteiger partial charge in [-0.1, -0.05) is 48.5 Å². The van der Waals surface area contributed by atoms with Crippen molar-refractivity contribution >= 4 is 18.3 Å². The van der Waals surface area contributed by atoms with Crippen LogP contribution < -0.4 is 5.32 Å². The molecular weight excluding hydrogens is 465 g/mol. The molecule has 2 N–H and O–H groups in total. The van der Waals surface area contributed by atoms with Crippen LogP contribution in [0.5, 0.6) is 0 Å². The number of hydrogen-bond donors (Lipinski definition) is 2. The van der Waals surface area contributed by atoms with Gasteiger partial charge < -0.3 is 10.4 Å². The number of carbonyl (C=O) groups is 1. The van der Waals surface area contributed by atoms with E-state index in [1.807, 2.05) is 30.3 Å². The second kappa shape index (κ2) is 11.0. The lowest BCUT2D eigenvalue weighted by molar-refractivity contribution is -0.137. The highest BCUT2D eigenvalue weighted by atomic mass is 35.5. The first-order valence-corrected chi connectivity index (χ1v) is 10.8. The molecule has 0 saturated heterocycles. The van der Waals surface area contributed by atoms with Crippen molar-refractivity contribution in [2.24, 2.45) is 0 Å². The van der Waals surface area contributed by atoms with E-state index in [-0.39, 0.29) is 31.5 Å². The SMILES string of the molecule is Cl.O=C(NCCO)c1cccc(-c2cccc3c2CN(Cc2cccc(C(F)(F)F)c2)CC3)c1. The molecule has 0 spiro atoms. The van der Waals surface area contributed by atoms with Gasteiger partial charge in [-0.05, 0) is 52.4 Å². The molecule has 0 radical (unpaired) electrons. The summed E-state index contributed by atoms with van der Waals surface area (Å²) in [7, 11) is 0. The lowest BCUT2D eigenvalue weighted by atomic mass is 9.90. The van der Waals surface area contributed by atoms with Gasteiger partial charge in [-0.15, -0.1) is 12.4 Å². The molecule has 3 aromatic rings. The second-order valence-corrected chi connectivity index (χ2v) is 8.16. The van der Waals surface area contributed by atoms with Crippen molar-refractivity contribution in [1.82, 2.24) is 10.2 Å². The van der Waals surface area contributed by atoms with Crippen LogP contribution in [0.25, 0.3) is 11.1 Å². The number of aliphatic hydroxyl groups is 1. The summed E-state index contributed by atoms with van der Waals surface area (Å²) in [5.74, 6) is -0.248. The Morgan fingerprint density at radius 1 is 1.03 bits per heavy atom. The molecule has 8 heteroatoms. The number of hydrogen-bond acceptors (Lipinski definition) is 3. The van der Waals surface area contributed by atoms with Crippen molar-refractivity contribution in [3.8, 4) is 11.1 Å². The maximum absolute atomic E-state index is 13.1. The first kappa shape index (κ1) is 25.7. The van der Waals surface area contributed by atoms with Crippen LogP contribution >= 0.6 is 12.4 Å². The third-order valence-electron chi connectivity index (χ3n) is 5.85. The minimum Gasteiger partial charge on any atom is -0.395 e. The van der Waals surface area contributed by atoms with Gasteiger partial charge in [0.1, 0.15) is 0 Å². The summed E-state index contributed by atoms with van der Waals surface area (Å²) in [6, 6.07) is 18.9. The fraction of sp³-hybridized carbons (Fsp3) is 0.269. The lowest BCUT2D eigenvalue weighted by Gasteiger charge is -2.30. The summed E-state index contributed by atoms with van der Waals surface area (Å²) >= 11 is 0. The molecule has 4 nitrogen and oxygen atoms in total. The first-order chi connectivity index (χ1) is 15.8. The average molecular weight is 491 g/mol. The Labute approximate surface area is 202 Å². The molecule has 0 bridgehead atoms. The number of halogens is 4. The molecule has 0 fully saturated rings. The Hall–Kier alpha value is -2.87. The van der Waals surface area contributed by atoms with Gasteiger partial charge >= 0.3 is 6.18 Å². The van der Waals surface area contributed by atoms with Gasteiger partial charge in [0.15, 0.2) is 0 Å². The molecule has 4 rings (SSSR count). The van der Waals surface area contributed by atoms with E-state index >= 15 is 0 Å². The summed E-state index contributed by atoms with van der Waals surface area (Å²) < 4.78 is 39.3. The zero-order valence-electron chi connectivity index (χ0n) is 18.4. The normalized spacial score (nSPS) is 13.6. The Bertz CT molecular complexity index is 1150. The van der Waals surface area contributed by atoms with Crippen molar-refractivity contribution in [3.63, 3.8) is 0 Å². The fourth-order valence-corrected chi connectivity index (χ4v) is 4.25. The van der Waals surface area contributed by atoms with Crippen molar-refractivity contribution in [1.29, 1.82) is 0 Å². The number of alkyl halides is 3. The topological polar surface area (TPSA) is 52.6 Å². The lowest BCUT2D eigenvalue weighted by Crippen LogP contribution is -2.30. The van der Waals surface area contributed by atoms with E-state index in [2.05, 4.69) is 16.3 Å². The molecule has 1 aliphatic rings. The monoisotopic (exact) mass is 490 g/mol. The molecule has 0 aliphatic carbocycles. The van der Waals surface area contributed by atoms with Crippen molar-refractivity contribution in [2.75, 3.05) is 19.7 Å². The molecule has 0 aromatic heterocycles. The zero-order chi connectivity index (χ0) is 23.4. The van der Waals surface area contributed by atoms with E-state index in [1.54, 1.807) is 12.1 Å². The van der Waals surface area contributed by atoms with Gasteiger partial charge in [0.2, 0.25) is 0 Å². The highest BCUT2D eigenvalue weighted by molar-refractivity contribution is 5.95. The Morgan fingerprint density at radius 3 is 2.56 bits per heavy atom. The largest absolute Gasteiger partial charge is 0.416 e. The van der Waals surface area contributed by atoms with Crippen molar-refractivity contribution in [3.05, 3.63) is 94.5 Å². The highest BCUT2D eigenvalue weighted by Gasteiger charge is 2.30. The van der Waals surface area contributed by atoms with Crippen LogP contribution in [-0.2, 0) is 25.7 Å². The molecule has 1 aliphatic heterocycles. The number of carbonyl (C=O) groups excluding carboxylic acids is 1. The molecule has 3 aromatic carbocycles. The molecule has 0 unspecified atom stereocenters. The predicted octanol–water partition coefficient (Wildman–Crippen LogP) is 5.07. The van der Waals surface area contributed by atoms with Crippen LogP contribution in [0, 0.1) is 0 Å². The second-order valence-electron chi connectivity index (χ2n) is 8.16. The summed E-state index contributed by atoms with van der Waals surface area (Å²) in [5.41, 5.74) is 4.77. The molecule has 34 heavy (non-hydrogen) atoms. The fourth-order valence-electron chi connectivity index (χ4n) is 4.25. The van der Waals surface area contributed by atoms with Crippen LogP contribution in [0.2, 0.25) is 0 Å². The Morgan fingerprint density at radius 2 is 1.79 bits per heavy atom. The zero-order valence-corrected chi connectivity index (χ0v) is 19.3. The van der Waals surface area contributed by atoms with E-state index in [0.29, 0.717) is 24.2 Å². The van der Waals surface area contributed by atoms with Gasteiger partial charge in [-0.25, -0.2) is 0 Å². The maximum atomic E-state index is 13.1. The molecule has 1 amide bonds. The standard InChI is InChI=1S/C26H25F3N2O2.ClH/c27-26(28,29)22-8-1-4-18(14-22)16-31-12-10-19-5-3-9-23(24(19)17-31)20-6-2-7-21(15-20)25(33)30-11-13-32;/h1-9,14-15,32H,10-13,16-17H2,(H,30,33);1H. The average Bonchev–Trinajstić information content (AvgIpc) is 2.82. The summed E-state index contributed by atoms with van der Waals surface area (Å²) in [5, 5.41) is 11.6. The summed E-state index contributed by atoms with van der Waals surface area (Å²) in [6.07, 6.45) is -3.55. The molecule has 1 heterocycles. The first-order valence-electron chi connectivity index (χ1n) is 10.8. The number of nitrogens with one attached hydrogen (secondary N) is 1. The van der Waals surface area contributed by atoms with E-state index < -0.39 is 11.7 Å². The van der Waals surface area contributed by atoms with Crippen LogP contribution in [0.15, 0.2) is 66.7 Å². The number of benzene rings is 3. The minimum atomic E-state index is -4.35. The van der Waals surface area contributed by atoms with Crippen LogP contribution in [0.3, 0.4) is 0 Å². The molecule has 0 saturated carbocycles. The van der Waals surface area contributed by atoms with Crippen LogP contribution in [0.4, 0.5) is 13.2 Å². The number of fused-ring (bicyclic) bond motifs is 1. The van der Waals surface area contributed by atoms with Gasteiger partial charge in [0.05, 0.1) is 12.2 Å². The minimum absolute atomic E-state index is 0. The smallest absolute Gasteiger partial charge is 0.395 e. The van der Waals surface area contributed by atoms with Crippen molar-refractivity contribution in [2.45, 2.75) is 25.7 Å². The summed E-state index contributed by atoms with van der Waals surface area (Å²) in [6.45, 7) is 1.87. The van der Waals surface area contributed by atoms with E-state index in [1.165, 1.54) is 17.7 Å². The molecule has 180 valence electrons. The Balaban J connectivity index is 0.00000324. The van der Waals surface area contributed by atoms with E-state index in [0.717, 1.165) is 35.7 Å². The maximum Gasteiger partial charge on any atom is 0.416 e. The van der Waals surface area contributed by atoms with Gasteiger partial charge in [0, 0.05) is 31.7 Å². The van der Waals surface area contributed by atoms with E-state index in [9.17, 15) is 18.0 Å². The quantitative estimate of drug-likeness (QED) is 0.507. The highest BCUT2D eigenvalue weighted by Crippen LogP contribution is 2.33. The van der Waals surface area contributed by atoms with Crippen LogP contribution in [0.1, 0.15) is 32.6 Å². The van der Waals surface area contributed by atoms with Gasteiger partial charge in [0.25, 0.3) is 5.91 Å². The van der Waals surface area contributed by atoms with Crippen LogP contribution in [-0.4, -0.2) is 35.6 Å². The molecular formula is C26H26ClF3N2O2. The predicted molar refractivity (Wildman–Crippen MR) is 128 cm³/mol. The number of nitrogens with zero attached hydrogens (tertiary/aromatic N) is 1. The van der Waals surface area contributed by atoms with Crippen molar-refractivity contribution < 1.29 is 23.1 Å². The third-order valence-corrected chi connectivity index (χ3v) is 5.85. The number of aliphatic hydroxyl groups excluding tert-OH is 1. The van der Waals surface area contributed by atoms with Gasteiger partial charge in [-0.2, -0.15) is 13.2 Å².